The molecule has 0 spiro atoms. The van der Waals surface area contributed by atoms with Crippen molar-refractivity contribution in [2.75, 3.05) is 26.4 Å². The fourth-order valence-corrected chi connectivity index (χ4v) is 3.07. The van der Waals surface area contributed by atoms with Gasteiger partial charge in [-0.1, -0.05) is 27.2 Å². The lowest BCUT2D eigenvalue weighted by molar-refractivity contribution is -0.0718. The van der Waals surface area contributed by atoms with Crippen LogP contribution in [0.25, 0.3) is 0 Å². The second-order valence-electron chi connectivity index (χ2n) is 7.81. The van der Waals surface area contributed by atoms with Crippen LogP contribution < -0.4 is 0 Å². The van der Waals surface area contributed by atoms with Crippen LogP contribution in [-0.2, 0) is 14.2 Å². The van der Waals surface area contributed by atoms with Crippen LogP contribution in [0.1, 0.15) is 60.8 Å². The number of hydrogen-bond acceptors (Lipinski definition) is 3. The average molecular weight is 300 g/mol. The smallest absolute Gasteiger partial charge is 0.0707 e. The van der Waals surface area contributed by atoms with Crippen molar-refractivity contribution in [3.8, 4) is 0 Å². The van der Waals surface area contributed by atoms with Gasteiger partial charge in [0, 0.05) is 0 Å². The Kier molecular flexibility index (Phi) is 8.22. The van der Waals surface area contributed by atoms with Crippen molar-refractivity contribution in [3.63, 3.8) is 0 Å². The van der Waals surface area contributed by atoms with Gasteiger partial charge >= 0.3 is 0 Å². The lowest BCUT2D eigenvalue weighted by atomic mass is 9.75. The summed E-state index contributed by atoms with van der Waals surface area (Å²) in [4.78, 5) is 0. The summed E-state index contributed by atoms with van der Waals surface area (Å²) in [5.41, 5.74) is -0.0808. The minimum absolute atomic E-state index is 0.0808. The van der Waals surface area contributed by atoms with Gasteiger partial charge in [-0.3, -0.25) is 0 Å². The molecule has 3 atom stereocenters. The highest BCUT2D eigenvalue weighted by atomic mass is 16.6. The maximum atomic E-state index is 6.11. The summed E-state index contributed by atoms with van der Waals surface area (Å²) in [6.45, 7) is 15.8. The van der Waals surface area contributed by atoms with Gasteiger partial charge in [-0.15, -0.1) is 0 Å². The van der Waals surface area contributed by atoms with Gasteiger partial charge in [0.05, 0.1) is 38.1 Å². The molecule has 3 heteroatoms. The minimum Gasteiger partial charge on any atom is -0.377 e. The lowest BCUT2D eigenvalue weighted by Gasteiger charge is -2.37. The highest BCUT2D eigenvalue weighted by molar-refractivity contribution is 4.81. The molecule has 0 saturated heterocycles. The van der Waals surface area contributed by atoms with Crippen LogP contribution in [0.15, 0.2) is 0 Å². The molecule has 126 valence electrons. The molecule has 0 aromatic heterocycles. The molecule has 0 heterocycles. The van der Waals surface area contributed by atoms with E-state index in [4.69, 9.17) is 14.2 Å². The van der Waals surface area contributed by atoms with Gasteiger partial charge in [0.25, 0.3) is 0 Å². The molecular formula is C18H36O3. The molecule has 1 aliphatic rings. The van der Waals surface area contributed by atoms with Crippen molar-refractivity contribution in [3.05, 3.63) is 0 Å². The third-order valence-corrected chi connectivity index (χ3v) is 4.28. The molecule has 1 aliphatic carbocycles. The van der Waals surface area contributed by atoms with Crippen LogP contribution >= 0.6 is 0 Å². The van der Waals surface area contributed by atoms with E-state index in [1.165, 1.54) is 19.3 Å². The predicted molar refractivity (Wildman–Crippen MR) is 87.6 cm³/mol. The molecule has 0 aromatic rings. The summed E-state index contributed by atoms with van der Waals surface area (Å²) in [7, 11) is 0. The van der Waals surface area contributed by atoms with Gasteiger partial charge in [0.1, 0.15) is 0 Å². The number of rotatable bonds is 8. The summed E-state index contributed by atoms with van der Waals surface area (Å²) in [6.07, 6.45) is 4.28. The van der Waals surface area contributed by atoms with Crippen molar-refractivity contribution < 1.29 is 14.2 Å². The van der Waals surface area contributed by atoms with E-state index >= 15 is 0 Å². The third-order valence-electron chi connectivity index (χ3n) is 4.28. The van der Waals surface area contributed by atoms with E-state index in [1.807, 2.05) is 0 Å². The van der Waals surface area contributed by atoms with Crippen LogP contribution in [0.5, 0.6) is 0 Å². The van der Waals surface area contributed by atoms with Crippen LogP contribution in [0.3, 0.4) is 0 Å². The van der Waals surface area contributed by atoms with Crippen molar-refractivity contribution in [1.82, 2.24) is 0 Å². The Bertz CT molecular complexity index is 270. The molecule has 3 unspecified atom stereocenters. The quantitative estimate of drug-likeness (QED) is 0.626. The number of hydrogen-bond donors (Lipinski definition) is 0. The second kappa shape index (κ2) is 9.12. The highest BCUT2D eigenvalue weighted by Gasteiger charge is 2.31. The first-order valence-corrected chi connectivity index (χ1v) is 8.63. The normalized spacial score (nSPS) is 27.3. The van der Waals surface area contributed by atoms with Gasteiger partial charge in [-0.2, -0.15) is 0 Å². The van der Waals surface area contributed by atoms with E-state index in [1.54, 1.807) is 0 Å². The zero-order valence-corrected chi connectivity index (χ0v) is 15.0. The Morgan fingerprint density at radius 1 is 1.00 bits per heavy atom. The molecule has 1 rings (SSSR count). The van der Waals surface area contributed by atoms with Gasteiger partial charge in [-0.25, -0.2) is 0 Å². The standard InChI is InChI=1S/C18H36O3/c1-14(2)16-8-7-15(3)13-17(16)20-11-9-19-10-12-21-18(4,5)6/h14-17H,7-13H2,1-6H3. The zero-order valence-electron chi connectivity index (χ0n) is 15.0. The van der Waals surface area contributed by atoms with Crippen molar-refractivity contribution in [2.24, 2.45) is 17.8 Å². The van der Waals surface area contributed by atoms with Crippen molar-refractivity contribution in [1.29, 1.82) is 0 Å². The molecular weight excluding hydrogens is 264 g/mol. The SMILES string of the molecule is CC1CCC(C(C)C)C(OCCOCCOC(C)(C)C)C1. The first kappa shape index (κ1) is 18.9. The fourth-order valence-electron chi connectivity index (χ4n) is 3.07. The second-order valence-corrected chi connectivity index (χ2v) is 7.81. The zero-order chi connectivity index (χ0) is 15.9. The van der Waals surface area contributed by atoms with E-state index in [2.05, 4.69) is 41.5 Å². The van der Waals surface area contributed by atoms with Crippen molar-refractivity contribution in [2.45, 2.75) is 72.5 Å². The lowest BCUT2D eigenvalue weighted by Crippen LogP contribution is -2.35. The van der Waals surface area contributed by atoms with Gasteiger partial charge in [-0.05, 0) is 51.4 Å². The van der Waals surface area contributed by atoms with Crippen LogP contribution in [0.2, 0.25) is 0 Å². The summed E-state index contributed by atoms with van der Waals surface area (Å²) < 4.78 is 17.3. The molecule has 0 aliphatic heterocycles. The van der Waals surface area contributed by atoms with Crippen molar-refractivity contribution >= 4 is 0 Å². The van der Waals surface area contributed by atoms with E-state index in [9.17, 15) is 0 Å². The summed E-state index contributed by atoms with van der Waals surface area (Å²) in [5.74, 6) is 2.22. The molecule has 1 fully saturated rings. The molecule has 3 nitrogen and oxygen atoms in total. The topological polar surface area (TPSA) is 27.7 Å². The Labute approximate surface area is 131 Å². The van der Waals surface area contributed by atoms with E-state index in [0.717, 1.165) is 5.92 Å². The number of ether oxygens (including phenoxy) is 3. The Hall–Kier alpha value is -0.120. The van der Waals surface area contributed by atoms with Crippen LogP contribution in [0.4, 0.5) is 0 Å². The predicted octanol–water partition coefficient (Wildman–Crippen LogP) is 4.30. The molecule has 0 bridgehead atoms. The Balaban J connectivity index is 2.12. The minimum atomic E-state index is -0.0808. The molecule has 0 aromatic carbocycles. The Morgan fingerprint density at radius 2 is 1.67 bits per heavy atom. The monoisotopic (exact) mass is 300 g/mol. The fraction of sp³-hybridized carbons (Fsp3) is 1.00. The summed E-state index contributed by atoms with van der Waals surface area (Å²) in [5, 5.41) is 0. The molecule has 21 heavy (non-hydrogen) atoms. The van der Waals surface area contributed by atoms with Crippen LogP contribution in [0, 0.1) is 17.8 Å². The summed E-state index contributed by atoms with van der Waals surface area (Å²) in [6, 6.07) is 0. The average Bonchev–Trinajstić information content (AvgIpc) is 2.36. The first-order chi connectivity index (χ1) is 9.79. The van der Waals surface area contributed by atoms with E-state index < -0.39 is 0 Å². The first-order valence-electron chi connectivity index (χ1n) is 8.63. The largest absolute Gasteiger partial charge is 0.377 e. The summed E-state index contributed by atoms with van der Waals surface area (Å²) >= 11 is 0. The molecule has 0 amide bonds. The third kappa shape index (κ3) is 8.18. The molecule has 0 N–H and O–H groups in total. The van der Waals surface area contributed by atoms with Gasteiger partial charge in [0.2, 0.25) is 0 Å². The highest BCUT2D eigenvalue weighted by Crippen LogP contribution is 2.35. The molecule has 1 saturated carbocycles. The Morgan fingerprint density at radius 3 is 2.29 bits per heavy atom. The van der Waals surface area contributed by atoms with Crippen LogP contribution in [-0.4, -0.2) is 38.1 Å². The van der Waals surface area contributed by atoms with Gasteiger partial charge < -0.3 is 14.2 Å². The molecule has 0 radical (unpaired) electrons. The van der Waals surface area contributed by atoms with E-state index in [0.29, 0.717) is 44.4 Å². The maximum Gasteiger partial charge on any atom is 0.0707 e. The van der Waals surface area contributed by atoms with Gasteiger partial charge in [0.15, 0.2) is 0 Å². The maximum absolute atomic E-state index is 6.11. The van der Waals surface area contributed by atoms with E-state index in [-0.39, 0.29) is 5.60 Å².